The van der Waals surface area contributed by atoms with E-state index in [1.54, 1.807) is 0 Å². The Hall–Kier alpha value is -2.09. The summed E-state index contributed by atoms with van der Waals surface area (Å²) >= 11 is 0. The summed E-state index contributed by atoms with van der Waals surface area (Å²) in [4.78, 5) is 5.25. The topological polar surface area (TPSA) is 21.6 Å². The lowest BCUT2D eigenvalue weighted by Crippen LogP contribution is -1.89. The Morgan fingerprint density at radius 2 is 1.79 bits per heavy atom. The van der Waals surface area contributed by atoms with Crippen LogP contribution in [0, 0.1) is 6.92 Å². The van der Waals surface area contributed by atoms with Gasteiger partial charge in [-0.1, -0.05) is 60.1 Å². The molecule has 0 spiro atoms. The van der Waals surface area contributed by atoms with Crippen LogP contribution < -0.4 is 0 Å². The van der Waals surface area contributed by atoms with E-state index in [0.717, 1.165) is 17.5 Å². The van der Waals surface area contributed by atoms with Gasteiger partial charge in [-0.25, -0.2) is 0 Å². The highest BCUT2D eigenvalue weighted by molar-refractivity contribution is 5.79. The minimum Gasteiger partial charge on any atom is -0.390 e. The Balaban J connectivity index is 1.85. The van der Waals surface area contributed by atoms with Gasteiger partial charge in [-0.15, -0.1) is 0 Å². The summed E-state index contributed by atoms with van der Waals surface area (Å²) in [6, 6.07) is 16.4. The second-order valence-electron chi connectivity index (χ2n) is 4.52. The molecule has 0 amide bonds. The molecule has 1 radical (unpaired) electrons. The predicted octanol–water partition coefficient (Wildman–Crippen LogP) is 3.99. The average molecular weight is 252 g/mol. The first kappa shape index (κ1) is 13.3. The van der Waals surface area contributed by atoms with Gasteiger partial charge in [0.1, 0.15) is 12.8 Å². The van der Waals surface area contributed by atoms with Gasteiger partial charge in [0, 0.05) is 5.56 Å². The average Bonchev–Trinajstić information content (AvgIpc) is 2.44. The van der Waals surface area contributed by atoms with Crippen molar-refractivity contribution < 1.29 is 4.84 Å². The lowest BCUT2D eigenvalue weighted by molar-refractivity contribution is 0.132. The van der Waals surface area contributed by atoms with Crippen molar-refractivity contribution in [3.05, 3.63) is 70.8 Å². The van der Waals surface area contributed by atoms with Gasteiger partial charge in [0.2, 0.25) is 0 Å². The van der Waals surface area contributed by atoms with Crippen molar-refractivity contribution in [1.82, 2.24) is 0 Å². The molecule has 0 fully saturated rings. The standard InChI is InChI=1S/C17H18NO/c1-3-15-7-9-16(10-8-15)13-19-18-12-17-6-4-5-14(2)11-17/h4-11H,3,13H2,1-2H3. The fraction of sp³-hybridized carbons (Fsp3) is 0.235. The van der Waals surface area contributed by atoms with Gasteiger partial charge in [-0.3, -0.25) is 0 Å². The van der Waals surface area contributed by atoms with Crippen LogP contribution in [0.5, 0.6) is 0 Å². The predicted molar refractivity (Wildman–Crippen MR) is 78.3 cm³/mol. The van der Waals surface area contributed by atoms with E-state index in [2.05, 4.69) is 42.6 Å². The largest absolute Gasteiger partial charge is 0.390 e. The van der Waals surface area contributed by atoms with Gasteiger partial charge in [0.25, 0.3) is 0 Å². The zero-order chi connectivity index (χ0) is 13.5. The van der Waals surface area contributed by atoms with Crippen LogP contribution in [0.3, 0.4) is 0 Å². The SMILES string of the molecule is CCc1ccc(CO/N=[C]\c2cccc(C)c2)cc1. The third kappa shape index (κ3) is 4.25. The second-order valence-corrected chi connectivity index (χ2v) is 4.52. The molecular formula is C17H18NO. The molecule has 19 heavy (non-hydrogen) atoms. The van der Waals surface area contributed by atoms with Crippen LogP contribution in [0.25, 0.3) is 0 Å². The number of benzene rings is 2. The van der Waals surface area contributed by atoms with E-state index in [1.165, 1.54) is 11.1 Å². The fourth-order valence-electron chi connectivity index (χ4n) is 1.78. The Morgan fingerprint density at radius 3 is 2.47 bits per heavy atom. The molecule has 0 N–H and O–H groups in total. The van der Waals surface area contributed by atoms with Crippen molar-refractivity contribution in [2.24, 2.45) is 5.16 Å². The summed E-state index contributed by atoms with van der Waals surface area (Å²) in [7, 11) is 0. The van der Waals surface area contributed by atoms with E-state index in [-0.39, 0.29) is 0 Å². The van der Waals surface area contributed by atoms with Crippen LogP contribution in [-0.2, 0) is 17.9 Å². The maximum atomic E-state index is 5.25. The molecule has 0 saturated carbocycles. The molecule has 2 rings (SSSR count). The number of hydrogen-bond acceptors (Lipinski definition) is 2. The van der Waals surface area contributed by atoms with Gasteiger partial charge in [0.15, 0.2) is 0 Å². The normalized spacial score (nSPS) is 10.8. The molecule has 0 aromatic heterocycles. The zero-order valence-corrected chi connectivity index (χ0v) is 11.4. The molecule has 97 valence electrons. The van der Waals surface area contributed by atoms with Crippen molar-refractivity contribution in [3.63, 3.8) is 0 Å². The number of rotatable bonds is 5. The van der Waals surface area contributed by atoms with Crippen LogP contribution in [0.1, 0.15) is 29.2 Å². The summed E-state index contributed by atoms with van der Waals surface area (Å²) in [5.41, 5.74) is 4.57. The second kappa shape index (κ2) is 6.74. The minimum atomic E-state index is 0.475. The Labute approximate surface area is 114 Å². The molecule has 0 aliphatic heterocycles. The molecule has 0 bridgehead atoms. The first-order valence-corrected chi connectivity index (χ1v) is 6.50. The maximum Gasteiger partial charge on any atom is 0.142 e. The van der Waals surface area contributed by atoms with Gasteiger partial charge < -0.3 is 4.84 Å². The van der Waals surface area contributed by atoms with Gasteiger partial charge >= 0.3 is 0 Å². The van der Waals surface area contributed by atoms with Crippen molar-refractivity contribution >= 4 is 6.21 Å². The summed E-state index contributed by atoms with van der Waals surface area (Å²) < 4.78 is 0. The van der Waals surface area contributed by atoms with E-state index in [9.17, 15) is 0 Å². The molecule has 0 unspecified atom stereocenters. The van der Waals surface area contributed by atoms with Crippen LogP contribution >= 0.6 is 0 Å². The highest BCUT2D eigenvalue weighted by Gasteiger charge is 1.94. The first-order valence-electron chi connectivity index (χ1n) is 6.50. The zero-order valence-electron chi connectivity index (χ0n) is 11.4. The van der Waals surface area contributed by atoms with E-state index in [4.69, 9.17) is 4.84 Å². The molecule has 0 atom stereocenters. The third-order valence-corrected chi connectivity index (χ3v) is 2.92. The minimum absolute atomic E-state index is 0.475. The molecule has 0 aliphatic rings. The molecule has 0 aliphatic carbocycles. The molecule has 0 saturated heterocycles. The maximum absolute atomic E-state index is 5.25. The van der Waals surface area contributed by atoms with Gasteiger partial charge in [-0.2, -0.15) is 0 Å². The summed E-state index contributed by atoms with van der Waals surface area (Å²) in [5.74, 6) is 0. The lowest BCUT2D eigenvalue weighted by Gasteiger charge is -2.01. The fourth-order valence-corrected chi connectivity index (χ4v) is 1.78. The van der Waals surface area contributed by atoms with Crippen molar-refractivity contribution in [2.45, 2.75) is 26.9 Å². The molecule has 2 aromatic rings. The quantitative estimate of drug-likeness (QED) is 0.582. The molecule has 2 aromatic carbocycles. The van der Waals surface area contributed by atoms with Gasteiger partial charge in [0.05, 0.1) is 0 Å². The number of hydrogen-bond donors (Lipinski definition) is 0. The molecular weight excluding hydrogens is 234 g/mol. The summed E-state index contributed by atoms with van der Waals surface area (Å²) in [5, 5.41) is 3.87. The smallest absolute Gasteiger partial charge is 0.142 e. The molecule has 2 nitrogen and oxygen atoms in total. The van der Waals surface area contributed by atoms with Gasteiger partial charge in [-0.05, 0) is 30.5 Å². The highest BCUT2D eigenvalue weighted by atomic mass is 16.6. The van der Waals surface area contributed by atoms with Crippen molar-refractivity contribution in [3.8, 4) is 0 Å². The van der Waals surface area contributed by atoms with Crippen LogP contribution in [0.4, 0.5) is 0 Å². The van der Waals surface area contributed by atoms with E-state index in [1.807, 2.05) is 31.2 Å². The molecule has 0 heterocycles. The Morgan fingerprint density at radius 1 is 1.05 bits per heavy atom. The summed E-state index contributed by atoms with van der Waals surface area (Å²) in [6.07, 6.45) is 3.94. The highest BCUT2D eigenvalue weighted by Crippen LogP contribution is 2.06. The Bertz CT molecular complexity index is 543. The van der Waals surface area contributed by atoms with Crippen molar-refractivity contribution in [2.75, 3.05) is 0 Å². The summed E-state index contributed by atoms with van der Waals surface area (Å²) in [6.45, 7) is 4.66. The first-order chi connectivity index (χ1) is 9.28. The van der Waals surface area contributed by atoms with Crippen LogP contribution in [0.15, 0.2) is 53.7 Å². The van der Waals surface area contributed by atoms with E-state index in [0.29, 0.717) is 6.61 Å². The van der Waals surface area contributed by atoms with E-state index >= 15 is 0 Å². The van der Waals surface area contributed by atoms with Crippen LogP contribution in [-0.4, -0.2) is 6.21 Å². The Kier molecular flexibility index (Phi) is 4.73. The number of aryl methyl sites for hydroxylation is 2. The molecule has 2 heteroatoms. The van der Waals surface area contributed by atoms with Crippen LogP contribution in [0.2, 0.25) is 0 Å². The van der Waals surface area contributed by atoms with Crippen molar-refractivity contribution in [1.29, 1.82) is 0 Å². The number of nitrogens with zero attached hydrogens (tertiary/aromatic N) is 1. The monoisotopic (exact) mass is 252 g/mol. The lowest BCUT2D eigenvalue weighted by atomic mass is 10.1. The van der Waals surface area contributed by atoms with E-state index < -0.39 is 0 Å². The third-order valence-electron chi connectivity index (χ3n) is 2.92.